The van der Waals surface area contributed by atoms with Crippen molar-refractivity contribution in [3.63, 3.8) is 0 Å². The molecule has 0 radical (unpaired) electrons. The van der Waals surface area contributed by atoms with E-state index in [1.165, 1.54) is 34.3 Å². The van der Waals surface area contributed by atoms with E-state index in [0.717, 1.165) is 0 Å². The minimum Gasteiger partial charge on any atom is -0.269 e. The fraction of sp³-hybridized carbons (Fsp3) is 0.208. The number of rotatable bonds is 4. The maximum absolute atomic E-state index is 2.42. The zero-order valence-corrected chi connectivity index (χ0v) is 16.4. The van der Waals surface area contributed by atoms with Gasteiger partial charge in [0.2, 0.25) is 11.6 Å². The average Bonchev–Trinajstić information content (AvgIpc) is 3.23. The van der Waals surface area contributed by atoms with E-state index in [2.05, 4.69) is 121 Å². The first-order valence-electron chi connectivity index (χ1n) is 9.49. The van der Waals surface area contributed by atoms with Crippen molar-refractivity contribution in [3.05, 3.63) is 90.4 Å². The van der Waals surface area contributed by atoms with Gasteiger partial charge in [-0.25, -0.2) is 4.57 Å². The summed E-state index contributed by atoms with van der Waals surface area (Å²) < 4.78 is 6.98. The van der Waals surface area contributed by atoms with Gasteiger partial charge < -0.3 is 0 Å². The summed E-state index contributed by atoms with van der Waals surface area (Å²) in [5.41, 5.74) is 5.00. The second-order valence-corrected chi connectivity index (χ2v) is 7.30. The monoisotopic (exact) mass is 356 g/mol. The summed E-state index contributed by atoms with van der Waals surface area (Å²) in [4.78, 5) is 0. The Kier molecular flexibility index (Phi) is 4.44. The molecule has 2 heterocycles. The van der Waals surface area contributed by atoms with Crippen LogP contribution < -0.4 is 4.57 Å². The second kappa shape index (κ2) is 6.92. The number of para-hydroxylation sites is 1. The molecule has 0 fully saturated rings. The van der Waals surface area contributed by atoms with E-state index >= 15 is 0 Å². The van der Waals surface area contributed by atoms with Gasteiger partial charge in [-0.15, -0.1) is 0 Å². The van der Waals surface area contributed by atoms with Gasteiger partial charge in [-0.1, -0.05) is 50.2 Å². The third-order valence-corrected chi connectivity index (χ3v) is 5.11. The molecule has 136 valence electrons. The lowest BCUT2D eigenvalue weighted by Crippen LogP contribution is -2.37. The third kappa shape index (κ3) is 2.89. The number of hydrogen-bond donors (Lipinski definition) is 0. The molecule has 3 heteroatoms. The lowest BCUT2D eigenvalue weighted by molar-refractivity contribution is -0.595. The molecular formula is C24H26N3+. The molecule has 3 nitrogen and oxygen atoms in total. The van der Waals surface area contributed by atoms with Gasteiger partial charge >= 0.3 is 0 Å². The van der Waals surface area contributed by atoms with Gasteiger partial charge in [-0.05, 0) is 37.3 Å². The standard InChI is InChI=1S/C24H26N3/c1-18(2)23-19(3)26(22-16-11-17-25(22)4)24(20-12-7-5-8-13-20)27(23)21-14-9-6-10-15-21/h5-18H,1-4H3/q+1. The van der Waals surface area contributed by atoms with E-state index in [9.17, 15) is 0 Å². The molecule has 0 unspecified atom stereocenters. The highest BCUT2D eigenvalue weighted by Crippen LogP contribution is 2.30. The van der Waals surface area contributed by atoms with Crippen molar-refractivity contribution >= 4 is 0 Å². The van der Waals surface area contributed by atoms with E-state index in [1.807, 2.05) is 0 Å². The summed E-state index contributed by atoms with van der Waals surface area (Å²) >= 11 is 0. The van der Waals surface area contributed by atoms with Crippen LogP contribution in [0.15, 0.2) is 79.0 Å². The summed E-state index contributed by atoms with van der Waals surface area (Å²) in [5, 5.41) is 0. The molecule has 0 bridgehead atoms. The van der Waals surface area contributed by atoms with E-state index in [-0.39, 0.29) is 0 Å². The van der Waals surface area contributed by atoms with Crippen molar-refractivity contribution in [2.45, 2.75) is 26.7 Å². The van der Waals surface area contributed by atoms with E-state index in [1.54, 1.807) is 0 Å². The number of aryl methyl sites for hydroxylation is 1. The number of aromatic nitrogens is 3. The molecule has 27 heavy (non-hydrogen) atoms. The number of hydrogen-bond acceptors (Lipinski definition) is 0. The minimum atomic E-state index is 0.397. The average molecular weight is 356 g/mol. The fourth-order valence-corrected chi connectivity index (χ4v) is 3.97. The molecular weight excluding hydrogens is 330 g/mol. The van der Waals surface area contributed by atoms with Crippen LogP contribution in [-0.2, 0) is 7.05 Å². The highest BCUT2D eigenvalue weighted by molar-refractivity contribution is 5.58. The Labute approximate surface area is 161 Å². The van der Waals surface area contributed by atoms with Gasteiger partial charge in [0.05, 0.1) is 13.2 Å². The van der Waals surface area contributed by atoms with Gasteiger partial charge in [-0.3, -0.25) is 4.57 Å². The number of imidazole rings is 1. The molecule has 2 aromatic carbocycles. The molecule has 0 aliphatic rings. The smallest absolute Gasteiger partial charge is 0.245 e. The maximum atomic E-state index is 2.42. The van der Waals surface area contributed by atoms with E-state index in [4.69, 9.17) is 0 Å². The molecule has 0 N–H and O–H groups in total. The summed E-state index contributed by atoms with van der Waals surface area (Å²) in [7, 11) is 2.10. The molecule has 0 aliphatic heterocycles. The second-order valence-electron chi connectivity index (χ2n) is 7.30. The fourth-order valence-electron chi connectivity index (χ4n) is 3.97. The molecule has 0 aliphatic carbocycles. The maximum Gasteiger partial charge on any atom is 0.245 e. The summed E-state index contributed by atoms with van der Waals surface area (Å²) in [6.07, 6.45) is 2.10. The lowest BCUT2D eigenvalue weighted by atomic mass is 10.1. The van der Waals surface area contributed by atoms with Crippen molar-refractivity contribution < 1.29 is 4.57 Å². The molecule has 4 aromatic rings. The van der Waals surface area contributed by atoms with Gasteiger partial charge in [0.15, 0.2) is 0 Å². The van der Waals surface area contributed by atoms with Gasteiger partial charge in [0.1, 0.15) is 17.1 Å². The van der Waals surface area contributed by atoms with E-state index in [0.29, 0.717) is 5.92 Å². The van der Waals surface area contributed by atoms with Crippen LogP contribution in [0.2, 0.25) is 0 Å². The number of benzene rings is 2. The van der Waals surface area contributed by atoms with Gasteiger partial charge in [0, 0.05) is 17.5 Å². The zero-order valence-electron chi connectivity index (χ0n) is 16.4. The van der Waals surface area contributed by atoms with Crippen LogP contribution in [0.5, 0.6) is 0 Å². The molecule has 0 saturated heterocycles. The van der Waals surface area contributed by atoms with Crippen molar-refractivity contribution in [1.82, 2.24) is 9.13 Å². The van der Waals surface area contributed by atoms with Gasteiger partial charge in [0.25, 0.3) is 0 Å². The first-order valence-corrected chi connectivity index (χ1v) is 9.49. The molecule has 2 aromatic heterocycles. The van der Waals surface area contributed by atoms with Crippen LogP contribution in [0.1, 0.15) is 31.2 Å². The van der Waals surface area contributed by atoms with E-state index < -0.39 is 0 Å². The Morgan fingerprint density at radius 1 is 0.815 bits per heavy atom. The predicted octanol–water partition coefficient (Wildman–Crippen LogP) is 5.19. The van der Waals surface area contributed by atoms with Crippen molar-refractivity contribution in [3.8, 4) is 22.9 Å². The molecule has 0 atom stereocenters. The van der Waals surface area contributed by atoms with Crippen LogP contribution in [-0.4, -0.2) is 9.13 Å². The first-order chi connectivity index (χ1) is 13.1. The van der Waals surface area contributed by atoms with Crippen molar-refractivity contribution in [2.75, 3.05) is 0 Å². The van der Waals surface area contributed by atoms with Crippen LogP contribution >= 0.6 is 0 Å². The molecule has 0 saturated carbocycles. The van der Waals surface area contributed by atoms with Crippen LogP contribution in [0.3, 0.4) is 0 Å². The lowest BCUT2D eigenvalue weighted by Gasteiger charge is -2.10. The van der Waals surface area contributed by atoms with Crippen molar-refractivity contribution in [1.29, 1.82) is 0 Å². The summed E-state index contributed by atoms with van der Waals surface area (Å²) in [6.45, 7) is 6.77. The highest BCUT2D eigenvalue weighted by Gasteiger charge is 2.31. The third-order valence-electron chi connectivity index (χ3n) is 5.11. The Hall–Kier alpha value is -3.07. The SMILES string of the molecule is Cc1c(C(C)C)n(-c2ccccc2)c(-c2ccccc2)[n+]1-c1cccn1C. The molecule has 0 amide bonds. The predicted molar refractivity (Wildman–Crippen MR) is 111 cm³/mol. The van der Waals surface area contributed by atoms with Gasteiger partial charge in [-0.2, -0.15) is 4.57 Å². The van der Waals surface area contributed by atoms with Crippen LogP contribution in [0, 0.1) is 6.92 Å². The number of nitrogens with zero attached hydrogens (tertiary/aromatic N) is 3. The Balaban J connectivity index is 2.16. The molecule has 4 rings (SSSR count). The largest absolute Gasteiger partial charge is 0.269 e. The summed E-state index contributed by atoms with van der Waals surface area (Å²) in [6, 6.07) is 25.6. The van der Waals surface area contributed by atoms with Crippen LogP contribution in [0.4, 0.5) is 0 Å². The quantitative estimate of drug-likeness (QED) is 0.447. The Bertz CT molecular complexity index is 1050. The van der Waals surface area contributed by atoms with Crippen LogP contribution in [0.25, 0.3) is 22.9 Å². The summed E-state index contributed by atoms with van der Waals surface area (Å²) in [5.74, 6) is 2.75. The first kappa shape index (κ1) is 17.3. The van der Waals surface area contributed by atoms with Crippen molar-refractivity contribution in [2.24, 2.45) is 7.05 Å². The Morgan fingerprint density at radius 2 is 1.44 bits per heavy atom. The zero-order chi connectivity index (χ0) is 19.0. The Morgan fingerprint density at radius 3 is 2.00 bits per heavy atom. The molecule has 0 spiro atoms. The minimum absolute atomic E-state index is 0.397. The normalized spacial score (nSPS) is 11.3. The highest BCUT2D eigenvalue weighted by atomic mass is 15.2. The topological polar surface area (TPSA) is 13.7 Å².